The number of aryl methyl sites for hydroxylation is 2. The number of Topliss-reactive ketones (excluding diaryl/α,β-unsaturated/α-hetero) is 1. The third-order valence-corrected chi connectivity index (χ3v) is 4.46. The molecule has 2 rings (SSSR count). The molecule has 0 amide bonds. The molecule has 0 saturated carbocycles. The number of ketones is 1. The molecular weight excluding hydrogens is 342 g/mol. The van der Waals surface area contributed by atoms with Crippen LogP contribution in [0.2, 0.25) is 0 Å². The number of H-pyrrole nitrogens is 1. The van der Waals surface area contributed by atoms with Gasteiger partial charge in [-0.2, -0.15) is 0 Å². The lowest BCUT2D eigenvalue weighted by Crippen LogP contribution is -2.24. The fourth-order valence-electron chi connectivity index (χ4n) is 2.48. The maximum atomic E-state index is 12.7. The summed E-state index contributed by atoms with van der Waals surface area (Å²) in [6.45, 7) is 11.5. The summed E-state index contributed by atoms with van der Waals surface area (Å²) < 4.78 is 6.75. The van der Waals surface area contributed by atoms with Gasteiger partial charge in [-0.3, -0.25) is 4.79 Å². The van der Waals surface area contributed by atoms with E-state index in [0.717, 1.165) is 0 Å². The maximum Gasteiger partial charge on any atom is 0.340 e. The first-order valence-electron chi connectivity index (χ1n) is 7.98. The molecule has 0 saturated heterocycles. The Kier molecular flexibility index (Phi) is 5.66. The number of esters is 1. The Hall–Kier alpha value is -2.16. The number of tetrazole rings is 1. The monoisotopic (exact) mass is 365 g/mol. The second-order valence-corrected chi connectivity index (χ2v) is 7.54. The highest BCUT2D eigenvalue weighted by Crippen LogP contribution is 2.25. The highest BCUT2D eigenvalue weighted by molar-refractivity contribution is 7.99. The average Bonchev–Trinajstić information content (AvgIpc) is 3.08. The van der Waals surface area contributed by atoms with Crippen molar-refractivity contribution < 1.29 is 14.3 Å². The Morgan fingerprint density at radius 2 is 1.84 bits per heavy atom. The minimum Gasteiger partial charge on any atom is -0.462 e. The van der Waals surface area contributed by atoms with Crippen LogP contribution in [0.5, 0.6) is 0 Å². The molecular formula is C16H23N5O3S. The fraction of sp³-hybridized carbons (Fsp3) is 0.562. The van der Waals surface area contributed by atoms with Crippen LogP contribution in [-0.2, 0) is 10.3 Å². The minimum absolute atomic E-state index is 0.126. The van der Waals surface area contributed by atoms with Crippen LogP contribution in [0.25, 0.3) is 0 Å². The number of rotatable bonds is 6. The molecule has 2 aromatic heterocycles. The summed E-state index contributed by atoms with van der Waals surface area (Å²) in [5, 5.41) is 12.2. The van der Waals surface area contributed by atoms with E-state index in [1.54, 1.807) is 25.5 Å². The van der Waals surface area contributed by atoms with E-state index < -0.39 is 5.97 Å². The predicted molar refractivity (Wildman–Crippen MR) is 94.1 cm³/mol. The second-order valence-electron chi connectivity index (χ2n) is 6.60. The van der Waals surface area contributed by atoms with Gasteiger partial charge in [0.15, 0.2) is 5.78 Å². The number of hydrogen-bond acceptors (Lipinski definition) is 7. The molecule has 136 valence electrons. The molecule has 0 bridgehead atoms. The van der Waals surface area contributed by atoms with E-state index in [-0.39, 0.29) is 23.7 Å². The lowest BCUT2D eigenvalue weighted by molar-refractivity contribution is 0.0522. The number of nitrogens with one attached hydrogen (secondary N) is 1. The van der Waals surface area contributed by atoms with Crippen molar-refractivity contribution in [3.05, 3.63) is 22.5 Å². The van der Waals surface area contributed by atoms with Gasteiger partial charge in [0.05, 0.1) is 29.0 Å². The number of nitrogens with zero attached hydrogens (tertiary/aromatic N) is 4. The van der Waals surface area contributed by atoms with Crippen LogP contribution in [0, 0.1) is 13.8 Å². The number of thioether (sulfide) groups is 1. The van der Waals surface area contributed by atoms with Gasteiger partial charge >= 0.3 is 5.97 Å². The van der Waals surface area contributed by atoms with Crippen molar-refractivity contribution in [3.63, 3.8) is 0 Å². The molecule has 0 fully saturated rings. The molecule has 0 aliphatic rings. The quantitative estimate of drug-likeness (QED) is 0.476. The summed E-state index contributed by atoms with van der Waals surface area (Å²) in [6.07, 6.45) is 0. The number of carbonyl (C=O) groups is 2. The largest absolute Gasteiger partial charge is 0.462 e. The first-order chi connectivity index (χ1) is 11.7. The van der Waals surface area contributed by atoms with Crippen LogP contribution in [0.15, 0.2) is 5.16 Å². The van der Waals surface area contributed by atoms with Crippen molar-refractivity contribution >= 4 is 23.5 Å². The van der Waals surface area contributed by atoms with Gasteiger partial charge in [-0.15, -0.1) is 5.10 Å². The lowest BCUT2D eigenvalue weighted by Gasteiger charge is -2.19. The molecule has 0 aliphatic heterocycles. The van der Waals surface area contributed by atoms with Gasteiger partial charge in [-0.25, -0.2) is 9.48 Å². The lowest BCUT2D eigenvalue weighted by atomic mass is 10.1. The van der Waals surface area contributed by atoms with Crippen molar-refractivity contribution in [2.24, 2.45) is 0 Å². The zero-order chi connectivity index (χ0) is 18.8. The average molecular weight is 365 g/mol. The Morgan fingerprint density at radius 1 is 1.20 bits per heavy atom. The number of ether oxygens (including phenoxy) is 1. The molecule has 2 heterocycles. The summed E-state index contributed by atoms with van der Waals surface area (Å²) in [5.41, 5.74) is 1.68. The molecule has 0 aromatic carbocycles. The van der Waals surface area contributed by atoms with Crippen LogP contribution in [-0.4, -0.2) is 49.3 Å². The first kappa shape index (κ1) is 19.2. The van der Waals surface area contributed by atoms with E-state index in [0.29, 0.717) is 27.7 Å². The molecule has 9 heteroatoms. The van der Waals surface area contributed by atoms with Crippen molar-refractivity contribution in [2.45, 2.75) is 52.2 Å². The fourth-order valence-corrected chi connectivity index (χ4v) is 3.41. The normalized spacial score (nSPS) is 11.6. The molecule has 0 atom stereocenters. The number of aromatic nitrogens is 5. The van der Waals surface area contributed by atoms with Gasteiger partial charge in [-0.05, 0) is 52.0 Å². The Morgan fingerprint density at radius 3 is 2.44 bits per heavy atom. The first-order valence-corrected chi connectivity index (χ1v) is 8.96. The van der Waals surface area contributed by atoms with Crippen LogP contribution < -0.4 is 0 Å². The van der Waals surface area contributed by atoms with E-state index in [1.807, 2.05) is 20.8 Å². The third kappa shape index (κ3) is 4.09. The van der Waals surface area contributed by atoms with Gasteiger partial charge < -0.3 is 9.72 Å². The van der Waals surface area contributed by atoms with Gasteiger partial charge in [-0.1, -0.05) is 11.8 Å². The summed E-state index contributed by atoms with van der Waals surface area (Å²) in [5.74, 6) is -0.531. The van der Waals surface area contributed by atoms with E-state index in [4.69, 9.17) is 4.74 Å². The summed E-state index contributed by atoms with van der Waals surface area (Å²) in [7, 11) is 0. The zero-order valence-corrected chi connectivity index (χ0v) is 16.2. The summed E-state index contributed by atoms with van der Waals surface area (Å²) in [6, 6.07) is 0. The van der Waals surface area contributed by atoms with Gasteiger partial charge in [0, 0.05) is 11.4 Å². The Balaban J connectivity index is 2.23. The van der Waals surface area contributed by atoms with Crippen molar-refractivity contribution in [2.75, 3.05) is 12.4 Å². The number of aromatic amines is 1. The smallest absolute Gasteiger partial charge is 0.340 e. The van der Waals surface area contributed by atoms with E-state index in [9.17, 15) is 9.59 Å². The molecule has 25 heavy (non-hydrogen) atoms. The zero-order valence-electron chi connectivity index (χ0n) is 15.3. The van der Waals surface area contributed by atoms with E-state index >= 15 is 0 Å². The molecule has 0 unspecified atom stereocenters. The molecule has 0 aliphatic carbocycles. The topological polar surface area (TPSA) is 103 Å². The third-order valence-electron chi connectivity index (χ3n) is 3.54. The predicted octanol–water partition coefficient (Wildman–Crippen LogP) is 2.52. The maximum absolute atomic E-state index is 12.7. The minimum atomic E-state index is -0.489. The molecule has 1 N–H and O–H groups in total. The van der Waals surface area contributed by atoms with Gasteiger partial charge in [0.25, 0.3) is 0 Å². The highest BCUT2D eigenvalue weighted by Gasteiger charge is 2.26. The number of hydrogen-bond donors (Lipinski definition) is 1. The molecule has 0 spiro atoms. The second kappa shape index (κ2) is 7.38. The van der Waals surface area contributed by atoms with Gasteiger partial charge in [0.2, 0.25) is 5.16 Å². The van der Waals surface area contributed by atoms with Gasteiger partial charge in [0.1, 0.15) is 0 Å². The van der Waals surface area contributed by atoms with Crippen molar-refractivity contribution in [3.8, 4) is 0 Å². The Labute approximate surface area is 150 Å². The Bertz CT molecular complexity index is 788. The number of carbonyl (C=O) groups excluding carboxylic acids is 2. The van der Waals surface area contributed by atoms with Crippen LogP contribution in [0.3, 0.4) is 0 Å². The molecule has 8 nitrogen and oxygen atoms in total. The van der Waals surface area contributed by atoms with Crippen LogP contribution in [0.1, 0.15) is 59.8 Å². The SMILES string of the molecule is CCOC(=O)c1c(C)[nH]c(C)c1C(=O)CSc1nnnn1C(C)(C)C. The standard InChI is InChI=1S/C16H23N5O3S/c1-7-24-14(23)13-10(3)17-9(2)12(13)11(22)8-25-15-18-19-20-21(15)16(4,5)6/h17H,7-8H2,1-6H3. The highest BCUT2D eigenvalue weighted by atomic mass is 32.2. The van der Waals surface area contributed by atoms with Crippen molar-refractivity contribution in [1.82, 2.24) is 25.2 Å². The molecule has 2 aromatic rings. The van der Waals surface area contributed by atoms with E-state index in [1.165, 1.54) is 11.8 Å². The van der Waals surface area contributed by atoms with E-state index in [2.05, 4.69) is 20.5 Å². The van der Waals surface area contributed by atoms with Crippen LogP contribution >= 0.6 is 11.8 Å². The van der Waals surface area contributed by atoms with Crippen molar-refractivity contribution in [1.29, 1.82) is 0 Å². The summed E-state index contributed by atoms with van der Waals surface area (Å²) in [4.78, 5) is 28.0. The summed E-state index contributed by atoms with van der Waals surface area (Å²) >= 11 is 1.25. The van der Waals surface area contributed by atoms with Crippen LogP contribution in [0.4, 0.5) is 0 Å². The molecule has 0 radical (unpaired) electrons.